The first-order valence-electron chi connectivity index (χ1n) is 7.02. The van der Waals surface area contributed by atoms with E-state index in [0.717, 1.165) is 41.8 Å². The van der Waals surface area contributed by atoms with Gasteiger partial charge in [0.25, 0.3) is 0 Å². The van der Waals surface area contributed by atoms with Gasteiger partial charge in [0.1, 0.15) is 0 Å². The first-order valence-corrected chi connectivity index (χ1v) is 7.02. The van der Waals surface area contributed by atoms with Crippen molar-refractivity contribution in [3.8, 4) is 0 Å². The highest BCUT2D eigenvalue weighted by Gasteiger charge is 2.24. The highest BCUT2D eigenvalue weighted by molar-refractivity contribution is 5.94. The first kappa shape index (κ1) is 12.1. The van der Waals surface area contributed by atoms with Crippen molar-refractivity contribution in [2.75, 3.05) is 5.32 Å². The summed E-state index contributed by atoms with van der Waals surface area (Å²) in [5.74, 6) is 0.0768. The Balaban J connectivity index is 1.50. The van der Waals surface area contributed by atoms with Gasteiger partial charge in [0, 0.05) is 36.5 Å². The smallest absolute Gasteiger partial charge is 0.227 e. The monoisotopic (exact) mass is 281 g/mol. The van der Waals surface area contributed by atoms with Crippen LogP contribution < -0.4 is 5.32 Å². The number of fused-ring (bicyclic) bond motifs is 2. The number of aromatic amines is 1. The summed E-state index contributed by atoms with van der Waals surface area (Å²) in [5, 5.41) is 3.00. The Hall–Kier alpha value is -2.63. The second-order valence-corrected chi connectivity index (χ2v) is 5.39. The highest BCUT2D eigenvalue weighted by atomic mass is 16.1. The van der Waals surface area contributed by atoms with Crippen LogP contribution in [0.5, 0.6) is 0 Å². The first-order chi connectivity index (χ1) is 10.3. The molecule has 1 unspecified atom stereocenters. The number of carbonyl (C=O) groups is 1. The van der Waals surface area contributed by atoms with E-state index in [1.165, 1.54) is 0 Å². The molecule has 3 heterocycles. The third kappa shape index (κ3) is 2.18. The molecule has 1 aromatic carbocycles. The molecule has 1 aliphatic rings. The van der Waals surface area contributed by atoms with Crippen molar-refractivity contribution in [3.05, 3.63) is 42.7 Å². The van der Waals surface area contributed by atoms with Gasteiger partial charge in [-0.05, 0) is 24.6 Å². The van der Waals surface area contributed by atoms with Crippen molar-refractivity contribution in [2.24, 2.45) is 5.92 Å². The molecule has 106 valence electrons. The summed E-state index contributed by atoms with van der Waals surface area (Å²) >= 11 is 0. The normalized spacial score (nSPS) is 17.6. The highest BCUT2D eigenvalue weighted by Crippen LogP contribution is 2.22. The van der Waals surface area contributed by atoms with Gasteiger partial charge in [0.05, 0.1) is 23.7 Å². The summed E-state index contributed by atoms with van der Waals surface area (Å²) in [6, 6.07) is 5.69. The lowest BCUT2D eigenvalue weighted by Crippen LogP contribution is -2.29. The molecule has 1 amide bonds. The summed E-state index contributed by atoms with van der Waals surface area (Å²) in [5.41, 5.74) is 3.75. The zero-order valence-corrected chi connectivity index (χ0v) is 11.4. The van der Waals surface area contributed by atoms with E-state index in [1.807, 2.05) is 30.7 Å². The lowest BCUT2D eigenvalue weighted by Gasteiger charge is -2.22. The minimum atomic E-state index is 0.00617. The van der Waals surface area contributed by atoms with Crippen LogP contribution in [0.25, 0.3) is 11.0 Å². The lowest BCUT2D eigenvalue weighted by molar-refractivity contribution is -0.120. The Kier molecular flexibility index (Phi) is 2.73. The Morgan fingerprint density at radius 1 is 1.43 bits per heavy atom. The van der Waals surface area contributed by atoms with Gasteiger partial charge in [0.2, 0.25) is 5.91 Å². The predicted octanol–water partition coefficient (Wildman–Crippen LogP) is 1.96. The van der Waals surface area contributed by atoms with E-state index in [1.54, 1.807) is 6.33 Å². The van der Waals surface area contributed by atoms with E-state index in [-0.39, 0.29) is 11.8 Å². The number of hydrogen-bond donors (Lipinski definition) is 2. The number of nitrogens with zero attached hydrogens (tertiary/aromatic N) is 3. The van der Waals surface area contributed by atoms with Crippen LogP contribution in [0.4, 0.5) is 5.69 Å². The molecule has 0 saturated heterocycles. The fourth-order valence-electron chi connectivity index (χ4n) is 2.85. The van der Waals surface area contributed by atoms with Crippen molar-refractivity contribution in [1.29, 1.82) is 0 Å². The molecule has 0 aliphatic carbocycles. The molecule has 21 heavy (non-hydrogen) atoms. The number of rotatable bonds is 2. The largest absolute Gasteiger partial charge is 0.345 e. The second kappa shape index (κ2) is 4.73. The van der Waals surface area contributed by atoms with E-state index < -0.39 is 0 Å². The van der Waals surface area contributed by atoms with E-state index in [2.05, 4.69) is 24.8 Å². The molecule has 0 bridgehead atoms. The van der Waals surface area contributed by atoms with Crippen molar-refractivity contribution in [1.82, 2.24) is 19.5 Å². The van der Waals surface area contributed by atoms with Crippen molar-refractivity contribution < 1.29 is 4.79 Å². The molecule has 1 aliphatic heterocycles. The Labute approximate surface area is 121 Å². The minimum Gasteiger partial charge on any atom is -0.345 e. The number of aryl methyl sites for hydroxylation is 1. The van der Waals surface area contributed by atoms with Gasteiger partial charge in [-0.3, -0.25) is 4.79 Å². The van der Waals surface area contributed by atoms with Gasteiger partial charge in [-0.2, -0.15) is 0 Å². The summed E-state index contributed by atoms with van der Waals surface area (Å²) in [4.78, 5) is 23.8. The zero-order valence-electron chi connectivity index (χ0n) is 11.4. The Bertz CT molecular complexity index is 803. The molecule has 2 aromatic heterocycles. The molecule has 0 spiro atoms. The number of carbonyl (C=O) groups excluding carboxylic acids is 1. The molecular formula is C15H15N5O. The van der Waals surface area contributed by atoms with Gasteiger partial charge in [-0.25, -0.2) is 9.97 Å². The van der Waals surface area contributed by atoms with E-state index in [9.17, 15) is 4.79 Å². The van der Waals surface area contributed by atoms with Crippen LogP contribution in [-0.2, 0) is 17.8 Å². The van der Waals surface area contributed by atoms with Crippen molar-refractivity contribution in [2.45, 2.75) is 19.4 Å². The molecule has 0 radical (unpaired) electrons. The summed E-state index contributed by atoms with van der Waals surface area (Å²) in [7, 11) is 0. The van der Waals surface area contributed by atoms with Gasteiger partial charge >= 0.3 is 0 Å². The standard InChI is InChI=1S/C15H15N5O/c21-15(10-3-4-20-9-16-7-12(20)5-10)19-11-1-2-13-14(6-11)18-8-17-13/h1-2,6-10H,3-5H2,(H,17,18)(H,19,21). The van der Waals surface area contributed by atoms with E-state index in [4.69, 9.17) is 0 Å². The number of H-pyrrole nitrogens is 1. The maximum Gasteiger partial charge on any atom is 0.227 e. The quantitative estimate of drug-likeness (QED) is 0.754. The Morgan fingerprint density at radius 2 is 2.38 bits per heavy atom. The van der Waals surface area contributed by atoms with Crippen LogP contribution >= 0.6 is 0 Å². The van der Waals surface area contributed by atoms with E-state index in [0.29, 0.717) is 0 Å². The van der Waals surface area contributed by atoms with Gasteiger partial charge in [0.15, 0.2) is 0 Å². The predicted molar refractivity (Wildman–Crippen MR) is 78.8 cm³/mol. The van der Waals surface area contributed by atoms with Crippen LogP contribution in [0.15, 0.2) is 37.1 Å². The van der Waals surface area contributed by atoms with Crippen LogP contribution in [0.3, 0.4) is 0 Å². The Morgan fingerprint density at radius 3 is 3.33 bits per heavy atom. The third-order valence-electron chi connectivity index (χ3n) is 4.03. The molecule has 6 heteroatoms. The molecule has 6 nitrogen and oxygen atoms in total. The van der Waals surface area contributed by atoms with E-state index >= 15 is 0 Å². The third-order valence-corrected chi connectivity index (χ3v) is 4.03. The fourth-order valence-corrected chi connectivity index (χ4v) is 2.85. The van der Waals surface area contributed by atoms with Crippen LogP contribution in [0.1, 0.15) is 12.1 Å². The summed E-state index contributed by atoms with van der Waals surface area (Å²) in [6.45, 7) is 0.854. The molecule has 4 rings (SSSR count). The van der Waals surface area contributed by atoms with Gasteiger partial charge < -0.3 is 14.9 Å². The molecule has 0 saturated carbocycles. The molecule has 1 atom stereocenters. The van der Waals surface area contributed by atoms with Crippen molar-refractivity contribution >= 4 is 22.6 Å². The second-order valence-electron chi connectivity index (χ2n) is 5.39. The van der Waals surface area contributed by atoms with Crippen LogP contribution in [-0.4, -0.2) is 25.4 Å². The number of anilines is 1. The topological polar surface area (TPSA) is 75.6 Å². The average molecular weight is 281 g/mol. The SMILES string of the molecule is O=C(Nc1ccc2nc[nH]c2c1)C1CCn2cncc2C1. The molecular weight excluding hydrogens is 266 g/mol. The lowest BCUT2D eigenvalue weighted by atomic mass is 9.95. The summed E-state index contributed by atoms with van der Waals surface area (Å²) in [6.07, 6.45) is 6.92. The van der Waals surface area contributed by atoms with Crippen molar-refractivity contribution in [3.63, 3.8) is 0 Å². The zero-order chi connectivity index (χ0) is 14.2. The number of imidazole rings is 2. The number of amides is 1. The fraction of sp³-hybridized carbons (Fsp3) is 0.267. The number of hydrogen-bond acceptors (Lipinski definition) is 3. The number of benzene rings is 1. The molecule has 0 fully saturated rings. The number of nitrogens with one attached hydrogen (secondary N) is 2. The summed E-state index contributed by atoms with van der Waals surface area (Å²) < 4.78 is 2.11. The molecule has 3 aromatic rings. The van der Waals surface area contributed by atoms with Crippen LogP contribution in [0.2, 0.25) is 0 Å². The average Bonchev–Trinajstić information content (AvgIpc) is 3.14. The van der Waals surface area contributed by atoms with Crippen LogP contribution in [0, 0.1) is 5.92 Å². The maximum atomic E-state index is 12.4. The minimum absolute atomic E-state index is 0.00617. The maximum absolute atomic E-state index is 12.4. The van der Waals surface area contributed by atoms with Gasteiger partial charge in [-0.15, -0.1) is 0 Å². The molecule has 2 N–H and O–H groups in total. The van der Waals surface area contributed by atoms with Gasteiger partial charge in [-0.1, -0.05) is 0 Å². The number of aromatic nitrogens is 4.